The van der Waals surface area contributed by atoms with Crippen LogP contribution in [0, 0.1) is 23.7 Å². The Morgan fingerprint density at radius 3 is 1.81 bits per heavy atom. The highest BCUT2D eigenvalue weighted by atomic mass is 16.5. The first-order valence-corrected chi connectivity index (χ1v) is 10.7. The molecule has 2 N–H and O–H groups in total. The molecule has 31 heavy (non-hydrogen) atoms. The zero-order chi connectivity index (χ0) is 22.9. The molecule has 8 nitrogen and oxygen atoms in total. The number of aliphatic carboxylic acids is 1. The Morgan fingerprint density at radius 2 is 1.35 bits per heavy atom. The lowest BCUT2D eigenvalue weighted by atomic mass is 9.78. The topological polar surface area (TPSA) is 119 Å². The lowest BCUT2D eigenvalue weighted by Crippen LogP contribution is -2.37. The first-order chi connectivity index (χ1) is 14.6. The van der Waals surface area contributed by atoms with Gasteiger partial charge in [-0.3, -0.25) is 9.59 Å². The molecule has 1 aromatic rings. The second-order valence-electron chi connectivity index (χ2n) is 8.92. The van der Waals surface area contributed by atoms with Crippen molar-refractivity contribution in [3.63, 3.8) is 0 Å². The van der Waals surface area contributed by atoms with Crippen molar-refractivity contribution < 1.29 is 33.8 Å². The van der Waals surface area contributed by atoms with Gasteiger partial charge in [-0.1, -0.05) is 0 Å². The Kier molecular flexibility index (Phi) is 6.67. The van der Waals surface area contributed by atoms with E-state index < -0.39 is 35.7 Å². The Bertz CT molecular complexity index is 852. The normalized spacial score (nSPS) is 24.3. The van der Waals surface area contributed by atoms with Gasteiger partial charge in [-0.05, 0) is 77.0 Å². The van der Waals surface area contributed by atoms with Crippen LogP contribution in [-0.2, 0) is 19.1 Å². The van der Waals surface area contributed by atoms with E-state index in [2.05, 4.69) is 5.32 Å². The minimum Gasteiger partial charge on any atom is -0.481 e. The molecule has 8 heteroatoms. The molecule has 2 saturated carbocycles. The van der Waals surface area contributed by atoms with Gasteiger partial charge in [-0.15, -0.1) is 0 Å². The largest absolute Gasteiger partial charge is 0.481 e. The minimum atomic E-state index is -0.956. The van der Waals surface area contributed by atoms with E-state index in [9.17, 15) is 24.3 Å². The van der Waals surface area contributed by atoms with E-state index in [0.717, 1.165) is 19.3 Å². The molecule has 0 aromatic heterocycles. The van der Waals surface area contributed by atoms with Crippen molar-refractivity contribution in [3.05, 3.63) is 29.3 Å². The number of benzene rings is 1. The molecule has 168 valence electrons. The number of carbonyl (C=O) groups excluding carboxylic acids is 3. The number of ether oxygens (including phenoxy) is 2. The average Bonchev–Trinajstić information content (AvgIpc) is 3.28. The Hall–Kier alpha value is -2.90. The van der Waals surface area contributed by atoms with E-state index in [1.165, 1.54) is 18.2 Å². The minimum absolute atomic E-state index is 0.0159. The summed E-state index contributed by atoms with van der Waals surface area (Å²) < 4.78 is 10.4. The van der Waals surface area contributed by atoms with Gasteiger partial charge >= 0.3 is 17.9 Å². The second-order valence-corrected chi connectivity index (χ2v) is 8.92. The van der Waals surface area contributed by atoms with Crippen LogP contribution >= 0.6 is 0 Å². The van der Waals surface area contributed by atoms with Gasteiger partial charge in [0.05, 0.1) is 35.2 Å². The summed E-state index contributed by atoms with van der Waals surface area (Å²) in [6.45, 7) is 6.83. The van der Waals surface area contributed by atoms with E-state index in [1.54, 1.807) is 27.7 Å². The van der Waals surface area contributed by atoms with Crippen LogP contribution in [0.1, 0.15) is 67.7 Å². The van der Waals surface area contributed by atoms with Crippen molar-refractivity contribution in [3.8, 4) is 0 Å². The van der Waals surface area contributed by atoms with E-state index in [1.807, 2.05) is 0 Å². The lowest BCUT2D eigenvalue weighted by Gasteiger charge is -2.27. The van der Waals surface area contributed by atoms with Crippen molar-refractivity contribution in [2.45, 2.75) is 59.2 Å². The van der Waals surface area contributed by atoms with Crippen molar-refractivity contribution in [1.82, 2.24) is 0 Å². The van der Waals surface area contributed by atoms with Gasteiger partial charge < -0.3 is 19.9 Å². The predicted octanol–water partition coefficient (Wildman–Crippen LogP) is 3.50. The molecule has 0 unspecified atom stereocenters. The van der Waals surface area contributed by atoms with Gasteiger partial charge in [0.25, 0.3) is 0 Å². The molecule has 2 bridgehead atoms. The van der Waals surface area contributed by atoms with E-state index in [4.69, 9.17) is 9.47 Å². The smallest absolute Gasteiger partial charge is 0.338 e. The molecule has 1 amide bonds. The molecule has 0 saturated heterocycles. The molecule has 0 aliphatic heterocycles. The van der Waals surface area contributed by atoms with Crippen LogP contribution in [0.3, 0.4) is 0 Å². The predicted molar refractivity (Wildman–Crippen MR) is 112 cm³/mol. The van der Waals surface area contributed by atoms with Crippen molar-refractivity contribution >= 4 is 29.5 Å². The maximum absolute atomic E-state index is 13.0. The fraction of sp³-hybridized carbons (Fsp3) is 0.565. The van der Waals surface area contributed by atoms with Crippen LogP contribution < -0.4 is 5.32 Å². The average molecular weight is 431 g/mol. The van der Waals surface area contributed by atoms with Gasteiger partial charge in [-0.25, -0.2) is 9.59 Å². The first-order valence-electron chi connectivity index (χ1n) is 10.7. The summed E-state index contributed by atoms with van der Waals surface area (Å²) in [5.41, 5.74) is 0.431. The summed E-state index contributed by atoms with van der Waals surface area (Å²) >= 11 is 0. The van der Waals surface area contributed by atoms with Crippen molar-refractivity contribution in [1.29, 1.82) is 0 Å². The standard InChI is InChI=1S/C23H29NO7/c1-11(2)30-22(28)15-8-16(23(29)31-12(3)4)10-17(9-15)24-20(25)18-13-5-6-14(7-13)19(18)21(26)27/h8-14,18-19H,5-7H2,1-4H3,(H,24,25)(H,26,27)/t13-,14+,18+,19+/m1/s1. The number of amides is 1. The summed E-state index contributed by atoms with van der Waals surface area (Å²) in [6, 6.07) is 4.22. The highest BCUT2D eigenvalue weighted by Crippen LogP contribution is 2.52. The summed E-state index contributed by atoms with van der Waals surface area (Å²) in [5.74, 6) is -3.92. The van der Waals surface area contributed by atoms with Gasteiger partial charge in [0.2, 0.25) is 5.91 Å². The van der Waals surface area contributed by atoms with Crippen LogP contribution in [-0.4, -0.2) is 41.1 Å². The number of anilines is 1. The number of carboxylic acids is 1. The van der Waals surface area contributed by atoms with Crippen molar-refractivity contribution in [2.24, 2.45) is 23.7 Å². The summed E-state index contributed by atoms with van der Waals surface area (Å²) in [6.07, 6.45) is 1.68. The zero-order valence-corrected chi connectivity index (χ0v) is 18.2. The highest BCUT2D eigenvalue weighted by molar-refractivity contribution is 6.01. The molecule has 0 radical (unpaired) electrons. The number of rotatable bonds is 7. The van der Waals surface area contributed by atoms with Gasteiger partial charge in [0.15, 0.2) is 0 Å². The number of esters is 2. The van der Waals surface area contributed by atoms with Crippen LogP contribution in [0.5, 0.6) is 0 Å². The molecule has 3 rings (SSSR count). The summed E-state index contributed by atoms with van der Waals surface area (Å²) in [4.78, 5) is 49.6. The Labute approximate surface area is 181 Å². The third-order valence-corrected chi connectivity index (χ3v) is 5.86. The molecule has 2 fully saturated rings. The van der Waals surface area contributed by atoms with E-state index in [0.29, 0.717) is 0 Å². The first kappa shape index (κ1) is 22.8. The van der Waals surface area contributed by atoms with Crippen LogP contribution in [0.2, 0.25) is 0 Å². The number of hydrogen-bond donors (Lipinski definition) is 2. The van der Waals surface area contributed by atoms with Crippen molar-refractivity contribution in [2.75, 3.05) is 5.32 Å². The second kappa shape index (κ2) is 9.08. The summed E-state index contributed by atoms with van der Waals surface area (Å²) in [7, 11) is 0. The number of carbonyl (C=O) groups is 4. The monoisotopic (exact) mass is 431 g/mol. The molecule has 0 heterocycles. The van der Waals surface area contributed by atoms with E-state index >= 15 is 0 Å². The highest BCUT2D eigenvalue weighted by Gasteiger charge is 2.54. The van der Waals surface area contributed by atoms with Crippen LogP contribution in [0.25, 0.3) is 0 Å². The Morgan fingerprint density at radius 1 is 0.871 bits per heavy atom. The fourth-order valence-corrected chi connectivity index (χ4v) is 4.75. The SMILES string of the molecule is CC(C)OC(=O)c1cc(NC(=O)[C@H]2[C@@H]3CC[C@@H](C3)[C@@H]2C(=O)O)cc(C(=O)OC(C)C)c1. The molecular weight excluding hydrogens is 402 g/mol. The molecule has 0 spiro atoms. The quantitative estimate of drug-likeness (QED) is 0.634. The third-order valence-electron chi connectivity index (χ3n) is 5.86. The Balaban J connectivity index is 1.88. The number of nitrogens with one attached hydrogen (secondary N) is 1. The molecule has 4 atom stereocenters. The molecule has 2 aliphatic carbocycles. The summed E-state index contributed by atoms with van der Waals surface area (Å²) in [5, 5.41) is 12.4. The number of hydrogen-bond acceptors (Lipinski definition) is 6. The van der Waals surface area contributed by atoms with Gasteiger partial charge in [0, 0.05) is 5.69 Å². The van der Waals surface area contributed by atoms with Gasteiger partial charge in [0.1, 0.15) is 0 Å². The van der Waals surface area contributed by atoms with Gasteiger partial charge in [-0.2, -0.15) is 0 Å². The van der Waals surface area contributed by atoms with E-state index in [-0.39, 0.29) is 40.9 Å². The number of fused-ring (bicyclic) bond motifs is 2. The molecule has 2 aliphatic rings. The van der Waals surface area contributed by atoms with Crippen LogP contribution in [0.15, 0.2) is 18.2 Å². The zero-order valence-electron chi connectivity index (χ0n) is 18.2. The fourth-order valence-electron chi connectivity index (χ4n) is 4.75. The maximum Gasteiger partial charge on any atom is 0.338 e. The molecule has 1 aromatic carbocycles. The third kappa shape index (κ3) is 5.06. The van der Waals surface area contributed by atoms with Crippen LogP contribution in [0.4, 0.5) is 5.69 Å². The lowest BCUT2D eigenvalue weighted by molar-refractivity contribution is -0.148. The number of carboxylic acid groups (broad SMARTS) is 1. The molecular formula is C23H29NO7. The maximum atomic E-state index is 13.0.